The fourth-order valence-electron chi connectivity index (χ4n) is 4.70. The molecule has 2 saturated heterocycles. The summed E-state index contributed by atoms with van der Waals surface area (Å²) in [6.07, 6.45) is 5.84. The van der Waals surface area contributed by atoms with Crippen LogP contribution in [0.5, 0.6) is 0 Å². The molecule has 0 saturated carbocycles. The monoisotopic (exact) mass is 382 g/mol. The molecule has 0 spiro atoms. The Morgan fingerprint density at radius 2 is 1.96 bits per heavy atom. The summed E-state index contributed by atoms with van der Waals surface area (Å²) in [4.78, 5) is 20.1. The second-order valence-electron chi connectivity index (χ2n) is 7.96. The van der Waals surface area contributed by atoms with Crippen molar-refractivity contribution in [1.82, 2.24) is 9.88 Å². The second kappa shape index (κ2) is 8.39. The molecule has 3 heterocycles. The molecule has 0 bridgehead atoms. The van der Waals surface area contributed by atoms with Crippen molar-refractivity contribution in [2.75, 3.05) is 26.3 Å². The molecule has 148 valence electrons. The molecule has 2 aliphatic heterocycles. The number of pyridine rings is 1. The Balaban J connectivity index is 1.56. The van der Waals surface area contributed by atoms with Gasteiger partial charge in [0, 0.05) is 43.8 Å². The van der Waals surface area contributed by atoms with Gasteiger partial charge in [-0.3, -0.25) is 9.78 Å². The number of amides is 1. The Labute approximate surface area is 165 Å². The van der Waals surface area contributed by atoms with Crippen LogP contribution < -0.4 is 0 Å². The highest BCUT2D eigenvalue weighted by Gasteiger charge is 2.46. The number of hydrogen-bond acceptors (Lipinski definition) is 3. The van der Waals surface area contributed by atoms with Gasteiger partial charge in [0.1, 0.15) is 5.82 Å². The van der Waals surface area contributed by atoms with Crippen molar-refractivity contribution in [3.05, 3.63) is 65.7 Å². The summed E-state index contributed by atoms with van der Waals surface area (Å²) in [5.41, 5.74) is 0.781. The molecular formula is C23H27FN2O2. The smallest absolute Gasteiger partial charge is 0.233 e. The molecule has 1 amide bonds. The van der Waals surface area contributed by atoms with Gasteiger partial charge in [0.15, 0.2) is 0 Å². The Bertz CT molecular complexity index is 805. The number of rotatable bonds is 4. The molecule has 0 aliphatic carbocycles. The van der Waals surface area contributed by atoms with Crippen LogP contribution >= 0.6 is 0 Å². The van der Waals surface area contributed by atoms with E-state index in [2.05, 4.69) is 4.98 Å². The maximum atomic E-state index is 14.7. The lowest BCUT2D eigenvalue weighted by Gasteiger charge is -2.43. The molecule has 28 heavy (non-hydrogen) atoms. The minimum atomic E-state index is -0.809. The molecule has 4 nitrogen and oxygen atoms in total. The summed E-state index contributed by atoms with van der Waals surface area (Å²) < 4.78 is 20.2. The van der Waals surface area contributed by atoms with Crippen LogP contribution in [0.25, 0.3) is 0 Å². The predicted molar refractivity (Wildman–Crippen MR) is 105 cm³/mol. The highest BCUT2D eigenvalue weighted by molar-refractivity contribution is 5.88. The average molecular weight is 382 g/mol. The fraction of sp³-hybridized carbons (Fsp3) is 0.478. The molecular weight excluding hydrogens is 355 g/mol. The largest absolute Gasteiger partial charge is 0.381 e. The van der Waals surface area contributed by atoms with E-state index in [9.17, 15) is 9.18 Å². The third-order valence-electron chi connectivity index (χ3n) is 6.18. The molecule has 1 aromatic carbocycles. The van der Waals surface area contributed by atoms with Crippen molar-refractivity contribution < 1.29 is 13.9 Å². The van der Waals surface area contributed by atoms with Gasteiger partial charge in [-0.05, 0) is 56.2 Å². The molecule has 4 rings (SSSR count). The van der Waals surface area contributed by atoms with Crippen molar-refractivity contribution in [3.63, 3.8) is 0 Å². The van der Waals surface area contributed by atoms with Gasteiger partial charge in [0.05, 0.1) is 5.41 Å². The van der Waals surface area contributed by atoms with E-state index < -0.39 is 5.41 Å². The fourth-order valence-corrected chi connectivity index (χ4v) is 4.70. The number of piperidine rings is 1. The van der Waals surface area contributed by atoms with Crippen molar-refractivity contribution >= 4 is 5.91 Å². The molecule has 1 unspecified atom stereocenters. The number of ether oxygens (including phenoxy) is 1. The molecule has 1 aromatic heterocycles. The van der Waals surface area contributed by atoms with Crippen molar-refractivity contribution in [1.29, 1.82) is 0 Å². The van der Waals surface area contributed by atoms with Crippen LogP contribution in [0, 0.1) is 11.7 Å². The molecule has 2 fully saturated rings. The number of hydrogen-bond donors (Lipinski definition) is 0. The standard InChI is InChI=1S/C23H27FN2O2/c24-21-9-2-1-8-20(21)23(10-14-28-15-11-23)22(27)26-13-5-6-18(17-26)16-19-7-3-4-12-25-19/h1-4,7-9,12,18H,5-6,10-11,13-17H2. The Morgan fingerprint density at radius 1 is 1.18 bits per heavy atom. The first-order valence-corrected chi connectivity index (χ1v) is 10.2. The van der Waals surface area contributed by atoms with Crippen LogP contribution in [-0.4, -0.2) is 42.1 Å². The third-order valence-corrected chi connectivity index (χ3v) is 6.18. The van der Waals surface area contributed by atoms with Crippen LogP contribution in [0.15, 0.2) is 48.7 Å². The SMILES string of the molecule is O=C(N1CCCC(Cc2ccccn2)C1)C1(c2ccccc2F)CCOCC1. The summed E-state index contributed by atoms with van der Waals surface area (Å²) in [5, 5.41) is 0. The molecule has 0 radical (unpaired) electrons. The normalized spacial score (nSPS) is 22.0. The van der Waals surface area contributed by atoms with Crippen molar-refractivity contribution in [3.8, 4) is 0 Å². The second-order valence-corrected chi connectivity index (χ2v) is 7.96. The molecule has 0 N–H and O–H groups in total. The van der Waals surface area contributed by atoms with Crippen LogP contribution in [0.2, 0.25) is 0 Å². The van der Waals surface area contributed by atoms with Gasteiger partial charge in [-0.25, -0.2) is 4.39 Å². The maximum Gasteiger partial charge on any atom is 0.233 e. The van der Waals surface area contributed by atoms with Crippen LogP contribution in [-0.2, 0) is 21.4 Å². The number of aromatic nitrogens is 1. The average Bonchev–Trinajstić information content (AvgIpc) is 2.75. The van der Waals surface area contributed by atoms with E-state index >= 15 is 0 Å². The number of likely N-dealkylation sites (tertiary alicyclic amines) is 1. The van der Waals surface area contributed by atoms with Crippen LogP contribution in [0.4, 0.5) is 4.39 Å². The Morgan fingerprint density at radius 3 is 2.71 bits per heavy atom. The Kier molecular flexibility index (Phi) is 5.72. The zero-order valence-corrected chi connectivity index (χ0v) is 16.1. The van der Waals surface area contributed by atoms with E-state index in [-0.39, 0.29) is 11.7 Å². The lowest BCUT2D eigenvalue weighted by molar-refractivity contribution is -0.143. The predicted octanol–water partition coefficient (Wildman–Crippen LogP) is 3.75. The molecule has 5 heteroatoms. The van der Waals surface area contributed by atoms with E-state index in [4.69, 9.17) is 4.74 Å². The first kappa shape index (κ1) is 19.1. The van der Waals surface area contributed by atoms with Gasteiger partial charge in [0.25, 0.3) is 0 Å². The maximum absolute atomic E-state index is 14.7. The summed E-state index contributed by atoms with van der Waals surface area (Å²) in [7, 11) is 0. The first-order chi connectivity index (χ1) is 13.7. The molecule has 2 aromatic rings. The van der Waals surface area contributed by atoms with Gasteiger partial charge >= 0.3 is 0 Å². The quantitative estimate of drug-likeness (QED) is 0.809. The number of carbonyl (C=O) groups is 1. The van der Waals surface area contributed by atoms with Gasteiger partial charge in [-0.1, -0.05) is 24.3 Å². The minimum absolute atomic E-state index is 0.0617. The number of carbonyl (C=O) groups excluding carboxylic acids is 1. The summed E-state index contributed by atoms with van der Waals surface area (Å²) >= 11 is 0. The van der Waals surface area contributed by atoms with Crippen molar-refractivity contribution in [2.45, 2.75) is 37.5 Å². The Hall–Kier alpha value is -2.27. The summed E-state index contributed by atoms with van der Waals surface area (Å²) in [5.74, 6) is 0.163. The summed E-state index contributed by atoms with van der Waals surface area (Å²) in [6.45, 7) is 2.44. The highest BCUT2D eigenvalue weighted by Crippen LogP contribution is 2.39. The van der Waals surface area contributed by atoms with Gasteiger partial charge < -0.3 is 9.64 Å². The van der Waals surface area contributed by atoms with E-state index in [1.165, 1.54) is 6.07 Å². The lowest BCUT2D eigenvalue weighted by atomic mass is 9.72. The topological polar surface area (TPSA) is 42.4 Å². The number of halogens is 1. The minimum Gasteiger partial charge on any atom is -0.381 e. The van der Waals surface area contributed by atoms with E-state index in [0.717, 1.165) is 31.5 Å². The zero-order valence-electron chi connectivity index (χ0n) is 16.1. The van der Waals surface area contributed by atoms with E-state index in [1.54, 1.807) is 12.1 Å². The van der Waals surface area contributed by atoms with Crippen molar-refractivity contribution in [2.24, 2.45) is 5.92 Å². The number of benzene rings is 1. The first-order valence-electron chi connectivity index (χ1n) is 10.2. The number of nitrogens with zero attached hydrogens (tertiary/aromatic N) is 2. The van der Waals surface area contributed by atoms with Gasteiger partial charge in [-0.2, -0.15) is 0 Å². The zero-order chi connectivity index (χ0) is 19.4. The van der Waals surface area contributed by atoms with Gasteiger partial charge in [0.2, 0.25) is 5.91 Å². The van der Waals surface area contributed by atoms with E-state index in [1.807, 2.05) is 35.4 Å². The lowest BCUT2D eigenvalue weighted by Crippen LogP contribution is -2.53. The third kappa shape index (κ3) is 3.81. The summed E-state index contributed by atoms with van der Waals surface area (Å²) in [6, 6.07) is 12.7. The van der Waals surface area contributed by atoms with Crippen LogP contribution in [0.3, 0.4) is 0 Å². The molecule has 2 aliphatic rings. The van der Waals surface area contributed by atoms with Gasteiger partial charge in [-0.15, -0.1) is 0 Å². The highest BCUT2D eigenvalue weighted by atomic mass is 19.1. The van der Waals surface area contributed by atoms with Crippen LogP contribution in [0.1, 0.15) is 36.9 Å². The van der Waals surface area contributed by atoms with E-state index in [0.29, 0.717) is 44.1 Å². The molecule has 1 atom stereocenters.